The number of halogens is 1. The molecule has 3 aromatic carbocycles. The Morgan fingerprint density at radius 3 is 2.29 bits per heavy atom. The van der Waals surface area contributed by atoms with Crippen molar-refractivity contribution < 1.29 is 19.1 Å². The van der Waals surface area contributed by atoms with Crippen LogP contribution in [0, 0.1) is 6.92 Å². The van der Waals surface area contributed by atoms with Gasteiger partial charge in [-0.05, 0) is 62.4 Å². The highest BCUT2D eigenvalue weighted by Gasteiger charge is 2.22. The zero-order valence-electron chi connectivity index (χ0n) is 20.8. The number of rotatable bonds is 10. The third kappa shape index (κ3) is 7.59. The summed E-state index contributed by atoms with van der Waals surface area (Å²) in [4.78, 5) is 24.8. The van der Waals surface area contributed by atoms with E-state index in [0.717, 1.165) is 21.5 Å². The zero-order chi connectivity index (χ0) is 26.9. The molecule has 1 heterocycles. The number of hydrazine groups is 1. The minimum absolute atomic E-state index is 0.195. The first-order valence-electron chi connectivity index (χ1n) is 11.7. The van der Waals surface area contributed by atoms with E-state index < -0.39 is 17.1 Å². The van der Waals surface area contributed by atoms with E-state index in [4.69, 9.17) is 9.47 Å². The summed E-state index contributed by atoms with van der Waals surface area (Å²) in [6.45, 7) is 3.69. The molecule has 4 rings (SSSR count). The molecule has 2 N–H and O–H groups in total. The van der Waals surface area contributed by atoms with Crippen molar-refractivity contribution in [2.75, 3.05) is 6.61 Å². The monoisotopic (exact) mass is 595 g/mol. The van der Waals surface area contributed by atoms with E-state index >= 15 is 0 Å². The summed E-state index contributed by atoms with van der Waals surface area (Å²) in [5.41, 5.74) is 6.80. The molecule has 38 heavy (non-hydrogen) atoms. The van der Waals surface area contributed by atoms with Crippen molar-refractivity contribution in [1.82, 2.24) is 25.6 Å². The van der Waals surface area contributed by atoms with Gasteiger partial charge in [-0.3, -0.25) is 25.0 Å². The van der Waals surface area contributed by atoms with Crippen molar-refractivity contribution in [3.05, 3.63) is 94.7 Å². The van der Waals surface area contributed by atoms with Crippen LogP contribution in [0.15, 0.2) is 88.5 Å². The number of carbonyl (C=O) groups excluding carboxylic acids is 2. The van der Waals surface area contributed by atoms with Crippen LogP contribution in [0.3, 0.4) is 0 Å². The smallest absolute Gasteiger partial charge is 0.276 e. The Kier molecular flexibility index (Phi) is 9.39. The van der Waals surface area contributed by atoms with E-state index in [2.05, 4.69) is 37.0 Å². The maximum absolute atomic E-state index is 12.7. The van der Waals surface area contributed by atoms with E-state index in [9.17, 15) is 9.59 Å². The highest BCUT2D eigenvalue weighted by Crippen LogP contribution is 2.26. The Bertz CT molecular complexity index is 1360. The Balaban J connectivity index is 1.36. The summed E-state index contributed by atoms with van der Waals surface area (Å²) in [7, 11) is 0. The number of aryl methyl sites for hydroxylation is 1. The summed E-state index contributed by atoms with van der Waals surface area (Å²) in [5, 5.41) is 8.56. The number of aromatic nitrogens is 3. The molecule has 0 fully saturated rings. The van der Waals surface area contributed by atoms with Crippen molar-refractivity contribution >= 4 is 39.5 Å². The number of amides is 2. The summed E-state index contributed by atoms with van der Waals surface area (Å²) >= 11 is 4.56. The van der Waals surface area contributed by atoms with Crippen molar-refractivity contribution in [2.45, 2.75) is 30.9 Å². The summed E-state index contributed by atoms with van der Waals surface area (Å²) in [6, 6.07) is 24.4. The molecule has 1 aromatic heterocycles. The van der Waals surface area contributed by atoms with Crippen LogP contribution in [-0.4, -0.2) is 38.4 Å². The molecule has 0 unspecified atom stereocenters. The first-order chi connectivity index (χ1) is 18.4. The highest BCUT2D eigenvalue weighted by molar-refractivity contribution is 9.10. The third-order valence-corrected chi connectivity index (χ3v) is 6.84. The lowest BCUT2D eigenvalue weighted by Crippen LogP contribution is -2.46. The van der Waals surface area contributed by atoms with Crippen LogP contribution in [0.4, 0.5) is 0 Å². The largest absolute Gasteiger partial charge is 0.486 e. The lowest BCUT2D eigenvalue weighted by Gasteiger charge is -2.15. The maximum atomic E-state index is 12.7. The number of nitrogens with zero attached hydrogens (tertiary/aromatic N) is 3. The second kappa shape index (κ2) is 13.1. The molecule has 1 atom stereocenters. The highest BCUT2D eigenvalue weighted by atomic mass is 79.9. The van der Waals surface area contributed by atoms with Crippen molar-refractivity contribution in [2.24, 2.45) is 0 Å². The van der Waals surface area contributed by atoms with Gasteiger partial charge in [-0.15, -0.1) is 10.2 Å². The van der Waals surface area contributed by atoms with Gasteiger partial charge in [-0.1, -0.05) is 63.6 Å². The normalized spacial score (nSPS) is 11.4. The molecule has 0 radical (unpaired) electrons. The number of nitrogens with one attached hydrogen (secondary N) is 2. The van der Waals surface area contributed by atoms with Crippen LogP contribution in [0.1, 0.15) is 18.3 Å². The molecule has 9 nitrogen and oxygen atoms in total. The Labute approximate surface area is 233 Å². The van der Waals surface area contributed by atoms with Gasteiger partial charge in [0.2, 0.25) is 0 Å². The molecule has 11 heteroatoms. The van der Waals surface area contributed by atoms with Gasteiger partial charge in [-0.25, -0.2) is 0 Å². The van der Waals surface area contributed by atoms with Gasteiger partial charge < -0.3 is 9.47 Å². The maximum Gasteiger partial charge on any atom is 0.276 e. The van der Waals surface area contributed by atoms with Gasteiger partial charge in [0.25, 0.3) is 11.8 Å². The van der Waals surface area contributed by atoms with E-state index in [0.29, 0.717) is 16.7 Å². The van der Waals surface area contributed by atoms with E-state index in [1.54, 1.807) is 19.1 Å². The quantitative estimate of drug-likeness (QED) is 0.203. The molecule has 0 aliphatic heterocycles. The minimum Gasteiger partial charge on any atom is -0.486 e. The Morgan fingerprint density at radius 2 is 1.58 bits per heavy atom. The minimum atomic E-state index is -0.583. The molecule has 0 bridgehead atoms. The van der Waals surface area contributed by atoms with Crippen LogP contribution >= 0.6 is 27.7 Å². The summed E-state index contributed by atoms with van der Waals surface area (Å²) in [5.74, 6) is 0.972. The predicted octanol–water partition coefficient (Wildman–Crippen LogP) is 4.62. The van der Waals surface area contributed by atoms with Gasteiger partial charge in [0.05, 0.1) is 5.25 Å². The van der Waals surface area contributed by atoms with Crippen molar-refractivity contribution in [3.63, 3.8) is 0 Å². The topological polar surface area (TPSA) is 107 Å². The van der Waals surface area contributed by atoms with E-state index in [-0.39, 0.29) is 13.2 Å². The third-order valence-electron chi connectivity index (χ3n) is 5.26. The van der Waals surface area contributed by atoms with Crippen molar-refractivity contribution in [3.8, 4) is 17.2 Å². The van der Waals surface area contributed by atoms with Gasteiger partial charge in [0, 0.05) is 10.2 Å². The number of thioether (sulfide) groups is 1. The van der Waals surface area contributed by atoms with Gasteiger partial charge in [0.15, 0.2) is 17.6 Å². The molecule has 0 aliphatic rings. The fourth-order valence-corrected chi connectivity index (χ4v) is 4.40. The van der Waals surface area contributed by atoms with Gasteiger partial charge in [0.1, 0.15) is 18.1 Å². The van der Waals surface area contributed by atoms with E-state index in [1.165, 1.54) is 11.8 Å². The number of para-hydroxylation sites is 1. The number of ether oxygens (including phenoxy) is 2. The molecule has 0 spiro atoms. The lowest BCUT2D eigenvalue weighted by atomic mass is 10.2. The SMILES string of the molecule is Cc1ccc(OCc2nnc(S[C@@H](C)C(=O)NNC(=O)COc3ccc(Br)cc3)n2-c2ccccc2)cc1. The van der Waals surface area contributed by atoms with Crippen LogP contribution < -0.4 is 20.3 Å². The second-order valence-corrected chi connectivity index (χ2v) is 10.4. The average Bonchev–Trinajstić information content (AvgIpc) is 3.33. The van der Waals surface area contributed by atoms with E-state index in [1.807, 2.05) is 78.2 Å². The molecule has 4 aromatic rings. The van der Waals surface area contributed by atoms with Crippen LogP contribution in [0.5, 0.6) is 11.5 Å². The second-order valence-electron chi connectivity index (χ2n) is 8.21. The molecule has 0 saturated heterocycles. The average molecular weight is 597 g/mol. The van der Waals surface area contributed by atoms with Crippen LogP contribution in [0.25, 0.3) is 5.69 Å². The Hall–Kier alpha value is -3.83. The first kappa shape index (κ1) is 27.2. The molecule has 196 valence electrons. The number of benzene rings is 3. The van der Waals surface area contributed by atoms with Gasteiger partial charge >= 0.3 is 0 Å². The summed E-state index contributed by atoms with van der Waals surface area (Å²) < 4.78 is 14.1. The van der Waals surface area contributed by atoms with Gasteiger partial charge in [-0.2, -0.15) is 0 Å². The molecular weight excluding hydrogens is 570 g/mol. The fraction of sp³-hybridized carbons (Fsp3) is 0.185. The van der Waals surface area contributed by atoms with Crippen molar-refractivity contribution in [1.29, 1.82) is 0 Å². The number of hydrogen-bond donors (Lipinski definition) is 2. The number of hydrogen-bond acceptors (Lipinski definition) is 7. The molecule has 0 saturated carbocycles. The van der Waals surface area contributed by atoms with Crippen LogP contribution in [-0.2, 0) is 16.2 Å². The summed E-state index contributed by atoms with van der Waals surface area (Å²) in [6.07, 6.45) is 0. The zero-order valence-corrected chi connectivity index (χ0v) is 23.2. The first-order valence-corrected chi connectivity index (χ1v) is 13.4. The van der Waals surface area contributed by atoms with Crippen LogP contribution in [0.2, 0.25) is 0 Å². The standard InChI is InChI=1S/C27H26BrN5O4S/c1-18-8-12-22(13-9-18)36-16-24-29-32-27(33(24)21-6-4-3-5-7-21)38-19(2)26(35)31-30-25(34)17-37-23-14-10-20(28)11-15-23/h3-15,19H,16-17H2,1-2H3,(H,30,34)(H,31,35)/t19-/m0/s1. The molecular formula is C27H26BrN5O4S. The number of carbonyl (C=O) groups is 2. The molecule has 0 aliphatic carbocycles. The predicted molar refractivity (Wildman–Crippen MR) is 148 cm³/mol. The lowest BCUT2D eigenvalue weighted by molar-refractivity contribution is -0.129. The Morgan fingerprint density at radius 1 is 0.921 bits per heavy atom. The fourth-order valence-electron chi connectivity index (χ4n) is 3.25. The molecule has 2 amide bonds.